The molecule has 0 aromatic carbocycles. The predicted molar refractivity (Wildman–Crippen MR) is 42.2 cm³/mol. The van der Waals surface area contributed by atoms with E-state index in [-0.39, 0.29) is 23.9 Å². The van der Waals surface area contributed by atoms with Gasteiger partial charge in [-0.1, -0.05) is 12.2 Å². The van der Waals surface area contributed by atoms with Crippen LogP contribution in [0.15, 0.2) is 12.2 Å². The van der Waals surface area contributed by atoms with E-state index in [1.54, 1.807) is 0 Å². The molecule has 0 radical (unpaired) electrons. The lowest BCUT2D eigenvalue weighted by atomic mass is 10.0. The summed E-state index contributed by atoms with van der Waals surface area (Å²) < 4.78 is 0. The molecule has 4 nitrogen and oxygen atoms in total. The van der Waals surface area contributed by atoms with Gasteiger partial charge >= 0.3 is 0 Å². The molecule has 4 heteroatoms. The molecule has 3 aliphatic rings. The fraction of sp³-hybridized carbons (Fsp3) is 0.500. The first-order valence-corrected chi connectivity index (χ1v) is 4.03. The maximum Gasteiger partial charge on any atom is 0.243 e. The van der Waals surface area contributed by atoms with E-state index < -0.39 is 0 Å². The van der Waals surface area contributed by atoms with Crippen molar-refractivity contribution in [2.75, 3.05) is 0 Å². The first kappa shape index (κ1) is 7.34. The van der Waals surface area contributed by atoms with Crippen molar-refractivity contribution in [3.63, 3.8) is 0 Å². The summed E-state index contributed by atoms with van der Waals surface area (Å²) in [6.45, 7) is 0. The molecule has 3 rings (SSSR count). The predicted octanol–water partition coefficient (Wildman–Crippen LogP) is -0.680. The van der Waals surface area contributed by atoms with Gasteiger partial charge in [0.2, 0.25) is 11.8 Å². The molecule has 0 spiro atoms. The maximum absolute atomic E-state index is 11.2. The van der Waals surface area contributed by atoms with E-state index in [4.69, 9.17) is 0 Å². The fourth-order valence-electron chi connectivity index (χ4n) is 1.47. The highest BCUT2D eigenvalue weighted by Gasteiger charge is 2.33. The Bertz CT molecular complexity index is 234. The minimum atomic E-state index is -0.356. The molecule has 2 atom stereocenters. The molecule has 64 valence electrons. The van der Waals surface area contributed by atoms with Crippen LogP contribution >= 0.6 is 0 Å². The lowest BCUT2D eigenvalue weighted by Gasteiger charge is -2.30. The van der Waals surface area contributed by atoms with Gasteiger partial charge in [-0.15, -0.1) is 0 Å². The molecule has 0 aromatic heterocycles. The molecule has 3 heterocycles. The number of amides is 2. The van der Waals surface area contributed by atoms with E-state index in [0.29, 0.717) is 12.8 Å². The highest BCUT2D eigenvalue weighted by atomic mass is 16.2. The minimum Gasteiger partial charge on any atom is -0.342 e. The fourth-order valence-corrected chi connectivity index (χ4v) is 1.47. The number of fused-ring (bicyclic) bond motifs is 4. The zero-order chi connectivity index (χ0) is 8.55. The molecular weight excluding hydrogens is 156 g/mol. The van der Waals surface area contributed by atoms with Gasteiger partial charge in [0, 0.05) is 0 Å². The van der Waals surface area contributed by atoms with E-state index >= 15 is 0 Å². The SMILES string of the molecule is O=C1NC2CC=CCC1NC2=O. The van der Waals surface area contributed by atoms with Crippen LogP contribution in [0.3, 0.4) is 0 Å². The standard InChI is InChI=1S/C8H10N2O2/c11-7-5-3-1-2-4-6(10-7)8(12)9-5/h1-2,5-6H,3-4H2,(H,9,12)(H,10,11). The van der Waals surface area contributed by atoms with E-state index in [2.05, 4.69) is 10.6 Å². The highest BCUT2D eigenvalue weighted by Crippen LogP contribution is 2.09. The third kappa shape index (κ3) is 1.09. The summed E-state index contributed by atoms with van der Waals surface area (Å²) in [5.74, 6) is -0.132. The second-order valence-corrected chi connectivity index (χ2v) is 3.07. The smallest absolute Gasteiger partial charge is 0.243 e. The van der Waals surface area contributed by atoms with Crippen molar-refractivity contribution >= 4 is 11.8 Å². The number of hydrogen-bond donors (Lipinski definition) is 2. The lowest BCUT2D eigenvalue weighted by molar-refractivity contribution is -0.136. The monoisotopic (exact) mass is 166 g/mol. The van der Waals surface area contributed by atoms with E-state index in [9.17, 15) is 9.59 Å². The Hall–Kier alpha value is -1.32. The van der Waals surface area contributed by atoms with Crippen molar-refractivity contribution in [1.29, 1.82) is 0 Å². The van der Waals surface area contributed by atoms with Crippen LogP contribution in [0.2, 0.25) is 0 Å². The number of carbonyl (C=O) groups excluding carboxylic acids is 2. The van der Waals surface area contributed by atoms with Crippen LogP contribution in [0.5, 0.6) is 0 Å². The van der Waals surface area contributed by atoms with Gasteiger partial charge in [0.1, 0.15) is 12.1 Å². The second kappa shape index (κ2) is 2.62. The number of piperazine rings is 1. The quantitative estimate of drug-likeness (QED) is 0.468. The maximum atomic E-state index is 11.2. The van der Waals surface area contributed by atoms with Gasteiger partial charge in [0.15, 0.2) is 0 Å². The third-order valence-corrected chi connectivity index (χ3v) is 2.18. The van der Waals surface area contributed by atoms with Crippen LogP contribution in [0, 0.1) is 0 Å². The first-order valence-electron chi connectivity index (χ1n) is 4.03. The van der Waals surface area contributed by atoms with Crippen molar-refractivity contribution in [3.8, 4) is 0 Å². The highest BCUT2D eigenvalue weighted by molar-refractivity contribution is 5.97. The molecule has 3 aliphatic heterocycles. The van der Waals surface area contributed by atoms with Gasteiger partial charge in [0.05, 0.1) is 0 Å². The largest absolute Gasteiger partial charge is 0.342 e. The summed E-state index contributed by atoms with van der Waals surface area (Å²) in [7, 11) is 0. The lowest BCUT2D eigenvalue weighted by Crippen LogP contribution is -2.61. The molecule has 2 unspecified atom stereocenters. The zero-order valence-electron chi connectivity index (χ0n) is 6.54. The normalized spacial score (nSPS) is 33.7. The van der Waals surface area contributed by atoms with Gasteiger partial charge in [-0.3, -0.25) is 9.59 Å². The number of rotatable bonds is 0. The van der Waals surface area contributed by atoms with Crippen LogP contribution in [0.4, 0.5) is 0 Å². The van der Waals surface area contributed by atoms with Crippen molar-refractivity contribution in [2.24, 2.45) is 0 Å². The Labute approximate surface area is 70.0 Å². The number of nitrogens with one attached hydrogen (secondary N) is 2. The zero-order valence-corrected chi connectivity index (χ0v) is 6.54. The summed E-state index contributed by atoms with van der Waals surface area (Å²) in [5, 5.41) is 5.33. The Morgan fingerprint density at radius 2 is 1.42 bits per heavy atom. The topological polar surface area (TPSA) is 58.2 Å². The molecule has 1 saturated heterocycles. The molecule has 12 heavy (non-hydrogen) atoms. The van der Waals surface area contributed by atoms with Gasteiger partial charge in [-0.25, -0.2) is 0 Å². The molecule has 1 fully saturated rings. The van der Waals surface area contributed by atoms with Crippen LogP contribution in [0.1, 0.15) is 12.8 Å². The van der Waals surface area contributed by atoms with Crippen molar-refractivity contribution < 1.29 is 9.59 Å². The van der Waals surface area contributed by atoms with Crippen molar-refractivity contribution in [3.05, 3.63) is 12.2 Å². The molecule has 0 saturated carbocycles. The molecule has 0 aromatic rings. The van der Waals surface area contributed by atoms with Crippen LogP contribution in [-0.2, 0) is 9.59 Å². The third-order valence-electron chi connectivity index (χ3n) is 2.18. The summed E-state index contributed by atoms with van der Waals surface area (Å²) in [6.07, 6.45) is 5.08. The summed E-state index contributed by atoms with van der Waals surface area (Å²) >= 11 is 0. The van der Waals surface area contributed by atoms with Gasteiger partial charge in [-0.05, 0) is 12.8 Å². The molecular formula is C8H10N2O2. The average Bonchev–Trinajstić information content (AvgIpc) is 2.00. The summed E-state index contributed by atoms with van der Waals surface area (Å²) in [4.78, 5) is 22.4. The van der Waals surface area contributed by atoms with E-state index in [0.717, 1.165) is 0 Å². The second-order valence-electron chi connectivity index (χ2n) is 3.07. The van der Waals surface area contributed by atoms with Crippen molar-refractivity contribution in [2.45, 2.75) is 24.9 Å². The summed E-state index contributed by atoms with van der Waals surface area (Å²) in [5.41, 5.74) is 0. The summed E-state index contributed by atoms with van der Waals surface area (Å²) in [6, 6.07) is -0.712. The Morgan fingerprint density at radius 3 is 1.83 bits per heavy atom. The van der Waals surface area contributed by atoms with Gasteiger partial charge in [-0.2, -0.15) is 0 Å². The molecule has 2 N–H and O–H groups in total. The Morgan fingerprint density at radius 1 is 1.00 bits per heavy atom. The number of carbonyl (C=O) groups is 2. The van der Waals surface area contributed by atoms with Crippen LogP contribution in [0.25, 0.3) is 0 Å². The van der Waals surface area contributed by atoms with Gasteiger partial charge in [0.25, 0.3) is 0 Å². The van der Waals surface area contributed by atoms with Crippen LogP contribution < -0.4 is 10.6 Å². The molecule has 2 amide bonds. The molecule has 2 bridgehead atoms. The average molecular weight is 166 g/mol. The van der Waals surface area contributed by atoms with Gasteiger partial charge < -0.3 is 10.6 Å². The van der Waals surface area contributed by atoms with E-state index in [1.807, 2.05) is 12.2 Å². The minimum absolute atomic E-state index is 0.0658. The van der Waals surface area contributed by atoms with Crippen LogP contribution in [-0.4, -0.2) is 23.9 Å². The van der Waals surface area contributed by atoms with E-state index in [1.165, 1.54) is 0 Å². The Kier molecular flexibility index (Phi) is 1.60. The Balaban J connectivity index is 2.27. The van der Waals surface area contributed by atoms with Crippen molar-refractivity contribution in [1.82, 2.24) is 10.6 Å². The molecule has 0 aliphatic carbocycles. The first-order chi connectivity index (χ1) is 5.77. The number of hydrogen-bond acceptors (Lipinski definition) is 2.